The Labute approximate surface area is 131 Å². The van der Waals surface area contributed by atoms with Gasteiger partial charge in [0.15, 0.2) is 0 Å². The maximum Gasteiger partial charge on any atom is 0.338 e. The molecule has 3 N–H and O–H groups in total. The van der Waals surface area contributed by atoms with E-state index < -0.39 is 17.4 Å². The summed E-state index contributed by atoms with van der Waals surface area (Å²) in [5.74, 6) is -1.86. The second-order valence-corrected chi connectivity index (χ2v) is 5.46. The summed E-state index contributed by atoms with van der Waals surface area (Å²) in [5, 5.41) is 15.7. The molecule has 1 heterocycles. The van der Waals surface area contributed by atoms with Crippen LogP contribution in [0.5, 0.6) is 0 Å². The highest BCUT2D eigenvalue weighted by Crippen LogP contribution is 2.33. The number of carbonyl (C=O) groups excluding carboxylic acids is 1. The SMILES string of the molecule is O=C(O)C1(C(=O)Nc2ccc(Cl)cc2)NCc2ccccc21. The first-order valence-corrected chi connectivity index (χ1v) is 7.05. The number of amides is 1. The lowest BCUT2D eigenvalue weighted by Crippen LogP contribution is -2.54. The van der Waals surface area contributed by atoms with Crippen molar-refractivity contribution in [2.75, 3.05) is 5.32 Å². The third kappa shape index (κ3) is 2.24. The van der Waals surface area contributed by atoms with E-state index in [0.717, 1.165) is 5.56 Å². The zero-order chi connectivity index (χ0) is 15.7. The molecule has 1 amide bonds. The topological polar surface area (TPSA) is 78.4 Å². The van der Waals surface area contributed by atoms with Crippen LogP contribution < -0.4 is 10.6 Å². The number of fused-ring (bicyclic) bond motifs is 1. The summed E-state index contributed by atoms with van der Waals surface area (Å²) >= 11 is 5.80. The fourth-order valence-corrected chi connectivity index (χ4v) is 2.74. The highest BCUT2D eigenvalue weighted by Gasteiger charge is 2.52. The number of aliphatic carboxylic acids is 1. The van der Waals surface area contributed by atoms with Gasteiger partial charge in [0.1, 0.15) is 0 Å². The van der Waals surface area contributed by atoms with Gasteiger partial charge in [0.2, 0.25) is 5.54 Å². The van der Waals surface area contributed by atoms with E-state index in [9.17, 15) is 14.7 Å². The maximum absolute atomic E-state index is 12.6. The molecule has 0 radical (unpaired) electrons. The second-order valence-electron chi connectivity index (χ2n) is 5.03. The van der Waals surface area contributed by atoms with E-state index in [0.29, 0.717) is 22.8 Å². The van der Waals surface area contributed by atoms with Crippen LogP contribution in [-0.4, -0.2) is 17.0 Å². The van der Waals surface area contributed by atoms with Crippen LogP contribution in [-0.2, 0) is 21.7 Å². The van der Waals surface area contributed by atoms with Crippen LogP contribution in [0, 0.1) is 0 Å². The normalized spacial score (nSPS) is 19.5. The summed E-state index contributed by atoms with van der Waals surface area (Å²) in [6.45, 7) is 0.330. The zero-order valence-electron chi connectivity index (χ0n) is 11.5. The quantitative estimate of drug-likeness (QED) is 0.760. The largest absolute Gasteiger partial charge is 0.479 e. The number of rotatable bonds is 3. The van der Waals surface area contributed by atoms with Gasteiger partial charge in [-0.05, 0) is 35.4 Å². The third-order valence-corrected chi connectivity index (χ3v) is 3.98. The minimum Gasteiger partial charge on any atom is -0.479 e. The molecule has 0 saturated carbocycles. The molecule has 0 bridgehead atoms. The standard InChI is InChI=1S/C16H13ClN2O3/c17-11-5-7-12(8-6-11)19-14(20)16(15(21)22)13-4-2-1-3-10(13)9-18-16/h1-8,18H,9H2,(H,19,20)(H,21,22). The van der Waals surface area contributed by atoms with Gasteiger partial charge >= 0.3 is 5.97 Å². The molecule has 22 heavy (non-hydrogen) atoms. The Bertz CT molecular complexity index is 745. The number of halogens is 1. The Balaban J connectivity index is 1.97. The Morgan fingerprint density at radius 2 is 1.82 bits per heavy atom. The molecule has 0 fully saturated rings. The van der Waals surface area contributed by atoms with E-state index in [2.05, 4.69) is 10.6 Å². The number of anilines is 1. The second kappa shape index (κ2) is 5.44. The molecule has 1 aliphatic heterocycles. The average Bonchev–Trinajstić information content (AvgIpc) is 2.90. The van der Waals surface area contributed by atoms with E-state index >= 15 is 0 Å². The monoisotopic (exact) mass is 316 g/mol. The minimum absolute atomic E-state index is 0.330. The first kappa shape index (κ1) is 14.6. The molecular weight excluding hydrogens is 304 g/mol. The summed E-state index contributed by atoms with van der Waals surface area (Å²) in [4.78, 5) is 24.5. The van der Waals surface area contributed by atoms with Gasteiger partial charge in [-0.15, -0.1) is 0 Å². The van der Waals surface area contributed by atoms with Crippen molar-refractivity contribution in [3.63, 3.8) is 0 Å². The lowest BCUT2D eigenvalue weighted by atomic mass is 9.89. The molecule has 5 nitrogen and oxygen atoms in total. The van der Waals surface area contributed by atoms with Crippen LogP contribution in [0.25, 0.3) is 0 Å². The van der Waals surface area contributed by atoms with Gasteiger partial charge in [-0.1, -0.05) is 35.9 Å². The van der Waals surface area contributed by atoms with Crippen LogP contribution >= 0.6 is 11.6 Å². The van der Waals surface area contributed by atoms with Gasteiger partial charge in [0.05, 0.1) is 0 Å². The molecule has 3 rings (SSSR count). The molecule has 1 aliphatic rings. The first-order valence-electron chi connectivity index (χ1n) is 6.68. The first-order chi connectivity index (χ1) is 10.5. The molecule has 2 aromatic carbocycles. The highest BCUT2D eigenvalue weighted by molar-refractivity contribution is 6.30. The third-order valence-electron chi connectivity index (χ3n) is 3.73. The molecule has 1 unspecified atom stereocenters. The van der Waals surface area contributed by atoms with Crippen molar-refractivity contribution in [2.45, 2.75) is 12.1 Å². The van der Waals surface area contributed by atoms with Crippen LogP contribution in [0.2, 0.25) is 5.02 Å². The molecule has 0 aromatic heterocycles. The molecule has 0 spiro atoms. The van der Waals surface area contributed by atoms with E-state index in [4.69, 9.17) is 11.6 Å². The molecule has 0 aliphatic carbocycles. The van der Waals surface area contributed by atoms with Crippen molar-refractivity contribution in [1.82, 2.24) is 5.32 Å². The van der Waals surface area contributed by atoms with Crippen LogP contribution in [0.3, 0.4) is 0 Å². The molecular formula is C16H13ClN2O3. The number of hydrogen-bond acceptors (Lipinski definition) is 3. The number of benzene rings is 2. The predicted molar refractivity (Wildman–Crippen MR) is 82.7 cm³/mol. The van der Waals surface area contributed by atoms with Gasteiger partial charge in [-0.2, -0.15) is 0 Å². The Morgan fingerprint density at radius 1 is 1.14 bits per heavy atom. The average molecular weight is 317 g/mol. The van der Waals surface area contributed by atoms with E-state index in [-0.39, 0.29) is 0 Å². The number of carboxylic acids is 1. The fraction of sp³-hybridized carbons (Fsp3) is 0.125. The lowest BCUT2D eigenvalue weighted by Gasteiger charge is -2.24. The molecule has 0 saturated heterocycles. The number of nitrogens with one attached hydrogen (secondary N) is 2. The minimum atomic E-state index is -1.78. The van der Waals surface area contributed by atoms with Crippen molar-refractivity contribution in [1.29, 1.82) is 0 Å². The molecule has 1 atom stereocenters. The van der Waals surface area contributed by atoms with Crippen LogP contribution in [0.1, 0.15) is 11.1 Å². The summed E-state index contributed by atoms with van der Waals surface area (Å²) in [6, 6.07) is 13.5. The number of hydrogen-bond donors (Lipinski definition) is 3. The van der Waals surface area contributed by atoms with Gasteiger partial charge in [0, 0.05) is 17.3 Å². The molecule has 6 heteroatoms. The predicted octanol–water partition coefficient (Wildman–Crippen LogP) is 2.36. The van der Waals surface area contributed by atoms with Crippen molar-refractivity contribution in [3.05, 3.63) is 64.7 Å². The summed E-state index contributed by atoms with van der Waals surface area (Å²) in [6.07, 6.45) is 0. The Hall–Kier alpha value is -2.37. The fourth-order valence-electron chi connectivity index (χ4n) is 2.61. The van der Waals surface area contributed by atoms with Gasteiger partial charge in [0.25, 0.3) is 5.91 Å². The maximum atomic E-state index is 12.6. The summed E-state index contributed by atoms with van der Waals surface area (Å²) < 4.78 is 0. The Morgan fingerprint density at radius 3 is 2.50 bits per heavy atom. The molecule has 112 valence electrons. The van der Waals surface area contributed by atoms with Gasteiger partial charge in [-0.3, -0.25) is 10.1 Å². The van der Waals surface area contributed by atoms with Crippen molar-refractivity contribution >= 4 is 29.2 Å². The summed E-state index contributed by atoms with van der Waals surface area (Å²) in [7, 11) is 0. The zero-order valence-corrected chi connectivity index (χ0v) is 12.2. The summed E-state index contributed by atoms with van der Waals surface area (Å²) in [5.41, 5.74) is -0.0257. The van der Waals surface area contributed by atoms with Crippen LogP contribution in [0.15, 0.2) is 48.5 Å². The van der Waals surface area contributed by atoms with E-state index in [1.165, 1.54) is 0 Å². The smallest absolute Gasteiger partial charge is 0.338 e. The lowest BCUT2D eigenvalue weighted by molar-refractivity contribution is -0.149. The van der Waals surface area contributed by atoms with E-state index in [1.54, 1.807) is 36.4 Å². The number of carbonyl (C=O) groups is 2. The van der Waals surface area contributed by atoms with Gasteiger partial charge in [-0.25, -0.2) is 4.79 Å². The molecule has 2 aromatic rings. The van der Waals surface area contributed by atoms with Crippen molar-refractivity contribution in [2.24, 2.45) is 0 Å². The van der Waals surface area contributed by atoms with Gasteiger partial charge < -0.3 is 10.4 Å². The van der Waals surface area contributed by atoms with Crippen LogP contribution in [0.4, 0.5) is 5.69 Å². The number of carboxylic acid groups (broad SMARTS) is 1. The van der Waals surface area contributed by atoms with E-state index in [1.807, 2.05) is 12.1 Å². The highest BCUT2D eigenvalue weighted by atomic mass is 35.5. The Kier molecular flexibility index (Phi) is 3.60. The van der Waals surface area contributed by atoms with Crippen molar-refractivity contribution in [3.8, 4) is 0 Å². The van der Waals surface area contributed by atoms with Crippen molar-refractivity contribution < 1.29 is 14.7 Å².